The van der Waals surface area contributed by atoms with Crippen LogP contribution in [-0.2, 0) is 20.7 Å². The van der Waals surface area contributed by atoms with Crippen LogP contribution in [0.25, 0.3) is 0 Å². The van der Waals surface area contributed by atoms with Crippen molar-refractivity contribution in [2.45, 2.75) is 31.9 Å². The summed E-state index contributed by atoms with van der Waals surface area (Å²) < 4.78 is 5.37. The van der Waals surface area contributed by atoms with Crippen LogP contribution in [0.3, 0.4) is 0 Å². The van der Waals surface area contributed by atoms with Crippen LogP contribution in [0.2, 0.25) is 0 Å². The largest absolute Gasteiger partial charge is 0.424 e. The number of carbonyl (C=O) groups is 3. The van der Waals surface area contributed by atoms with Gasteiger partial charge in [-0.25, -0.2) is 9.69 Å². The molecular formula is C20H19NO4. The Bertz CT molecular complexity index is 803. The van der Waals surface area contributed by atoms with Gasteiger partial charge in [-0.2, -0.15) is 0 Å². The molecule has 25 heavy (non-hydrogen) atoms. The number of cyclic esters (lactones) is 1. The Morgan fingerprint density at radius 3 is 2.16 bits per heavy atom. The highest BCUT2D eigenvalue weighted by Crippen LogP contribution is 2.35. The van der Waals surface area contributed by atoms with E-state index in [4.69, 9.17) is 4.74 Å². The molecule has 128 valence electrons. The van der Waals surface area contributed by atoms with Crippen LogP contribution in [0.5, 0.6) is 0 Å². The van der Waals surface area contributed by atoms with E-state index in [0.717, 1.165) is 16.0 Å². The van der Waals surface area contributed by atoms with E-state index in [9.17, 15) is 14.4 Å². The third-order valence-corrected chi connectivity index (χ3v) is 4.56. The molecular weight excluding hydrogens is 318 g/mol. The average molecular weight is 337 g/mol. The molecule has 2 aromatic rings. The fraction of sp³-hybridized carbons (Fsp3) is 0.250. The fourth-order valence-electron chi connectivity index (χ4n) is 3.08. The van der Waals surface area contributed by atoms with E-state index in [1.54, 1.807) is 19.1 Å². The molecule has 1 aliphatic heterocycles. The van der Waals surface area contributed by atoms with Crippen LogP contribution >= 0.6 is 0 Å². The number of ether oxygens (including phenoxy) is 1. The van der Waals surface area contributed by atoms with Gasteiger partial charge in [0.05, 0.1) is 6.04 Å². The summed E-state index contributed by atoms with van der Waals surface area (Å²) >= 11 is 0. The number of hydrogen-bond acceptors (Lipinski definition) is 4. The second kappa shape index (κ2) is 6.51. The number of rotatable bonds is 5. The molecule has 0 N–H and O–H groups in total. The van der Waals surface area contributed by atoms with Crippen LogP contribution in [0.1, 0.15) is 31.0 Å². The lowest BCUT2D eigenvalue weighted by Gasteiger charge is -2.24. The van der Waals surface area contributed by atoms with Gasteiger partial charge in [-0.05, 0) is 25.0 Å². The van der Waals surface area contributed by atoms with Crippen molar-refractivity contribution in [2.75, 3.05) is 0 Å². The van der Waals surface area contributed by atoms with Crippen molar-refractivity contribution >= 4 is 17.8 Å². The summed E-state index contributed by atoms with van der Waals surface area (Å²) in [6, 6.07) is 17.7. The molecule has 2 aromatic carbocycles. The fourth-order valence-corrected chi connectivity index (χ4v) is 3.08. The van der Waals surface area contributed by atoms with Crippen molar-refractivity contribution in [1.82, 2.24) is 4.90 Å². The third kappa shape index (κ3) is 2.93. The quantitative estimate of drug-likeness (QED) is 0.785. The molecule has 5 nitrogen and oxygen atoms in total. The van der Waals surface area contributed by atoms with Crippen LogP contribution < -0.4 is 0 Å². The Hall–Kier alpha value is -2.95. The first kappa shape index (κ1) is 16.9. The van der Waals surface area contributed by atoms with Gasteiger partial charge in [-0.15, -0.1) is 0 Å². The van der Waals surface area contributed by atoms with E-state index in [2.05, 4.69) is 0 Å². The van der Waals surface area contributed by atoms with E-state index >= 15 is 0 Å². The molecule has 1 aliphatic rings. The average Bonchev–Trinajstić information content (AvgIpc) is 2.87. The minimum atomic E-state index is -1.79. The minimum absolute atomic E-state index is 0.0335. The summed E-state index contributed by atoms with van der Waals surface area (Å²) in [5.41, 5.74) is -0.235. The van der Waals surface area contributed by atoms with Gasteiger partial charge in [0.1, 0.15) is 0 Å². The Morgan fingerprint density at radius 2 is 1.60 bits per heavy atom. The molecule has 0 aliphatic carbocycles. The number of hydrogen-bond donors (Lipinski definition) is 0. The smallest absolute Gasteiger partial charge is 0.418 e. The maximum absolute atomic E-state index is 13.1. The van der Waals surface area contributed by atoms with Crippen molar-refractivity contribution in [3.63, 3.8) is 0 Å². The summed E-state index contributed by atoms with van der Waals surface area (Å²) in [6.45, 7) is 3.03. The van der Waals surface area contributed by atoms with Crippen LogP contribution in [0, 0.1) is 0 Å². The summed E-state index contributed by atoms with van der Waals surface area (Å²) in [5, 5.41) is 0. The zero-order valence-electron chi connectivity index (χ0n) is 14.1. The van der Waals surface area contributed by atoms with Crippen molar-refractivity contribution in [3.05, 3.63) is 71.8 Å². The monoisotopic (exact) mass is 337 g/mol. The molecule has 1 fully saturated rings. The number of ketones is 1. The number of amides is 2. The van der Waals surface area contributed by atoms with Crippen molar-refractivity contribution in [1.29, 1.82) is 0 Å². The maximum Gasteiger partial charge on any atom is 0.418 e. The van der Waals surface area contributed by atoms with Crippen LogP contribution in [0.4, 0.5) is 4.79 Å². The van der Waals surface area contributed by atoms with E-state index in [1.807, 2.05) is 48.5 Å². The zero-order valence-corrected chi connectivity index (χ0v) is 14.1. The molecule has 2 amide bonds. The molecule has 2 atom stereocenters. The first-order chi connectivity index (χ1) is 12.0. The topological polar surface area (TPSA) is 63.7 Å². The number of imide groups is 1. The van der Waals surface area contributed by atoms with Crippen LogP contribution in [0.15, 0.2) is 60.7 Å². The van der Waals surface area contributed by atoms with Gasteiger partial charge in [-0.1, -0.05) is 60.7 Å². The summed E-state index contributed by atoms with van der Waals surface area (Å²) in [6.07, 6.45) is -0.751. The van der Waals surface area contributed by atoms with Gasteiger partial charge < -0.3 is 4.74 Å². The second-order valence-corrected chi connectivity index (χ2v) is 6.18. The Balaban J connectivity index is 1.96. The minimum Gasteiger partial charge on any atom is -0.424 e. The van der Waals surface area contributed by atoms with E-state index in [-0.39, 0.29) is 6.42 Å². The number of Topliss-reactive ketones (excluding diaryl/α,β-unsaturated/α-hetero) is 1. The Labute approximate surface area is 146 Å². The normalized spacial score (nSPS) is 21.1. The lowest BCUT2D eigenvalue weighted by molar-refractivity contribution is -0.147. The van der Waals surface area contributed by atoms with Crippen LogP contribution in [-0.4, -0.2) is 28.3 Å². The first-order valence-corrected chi connectivity index (χ1v) is 8.12. The maximum atomic E-state index is 13.1. The highest BCUT2D eigenvalue weighted by atomic mass is 16.6. The summed E-state index contributed by atoms with van der Waals surface area (Å²) in [4.78, 5) is 38.8. The highest BCUT2D eigenvalue weighted by molar-refractivity contribution is 6.17. The molecule has 0 aromatic heterocycles. The van der Waals surface area contributed by atoms with Gasteiger partial charge in [0, 0.05) is 6.42 Å². The molecule has 5 heteroatoms. The number of benzene rings is 2. The van der Waals surface area contributed by atoms with Gasteiger partial charge in [0.25, 0.3) is 11.5 Å². The molecule has 1 heterocycles. The molecule has 0 spiro atoms. The number of nitrogens with zero attached hydrogens (tertiary/aromatic N) is 1. The van der Waals surface area contributed by atoms with Crippen molar-refractivity contribution in [3.8, 4) is 0 Å². The SMILES string of the molecule is CC(=O)C1(Cc2ccccc2)OC(=O)N([C@H](C)c2ccccc2)C1=O. The standard InChI is InChI=1S/C20H19NO4/c1-14(17-11-7-4-8-12-17)21-18(23)20(15(2)22,25-19(21)24)13-16-9-5-3-6-10-16/h3-12,14H,13H2,1-2H3/t14-,20?/m1/s1. The molecule has 0 saturated carbocycles. The predicted molar refractivity (Wildman–Crippen MR) is 91.7 cm³/mol. The van der Waals surface area contributed by atoms with Gasteiger partial charge >= 0.3 is 6.09 Å². The summed E-state index contributed by atoms with van der Waals surface area (Å²) in [5.74, 6) is -1.08. The lowest BCUT2D eigenvalue weighted by atomic mass is 9.89. The van der Waals surface area contributed by atoms with Crippen molar-refractivity contribution < 1.29 is 19.1 Å². The lowest BCUT2D eigenvalue weighted by Crippen LogP contribution is -2.49. The van der Waals surface area contributed by atoms with E-state index in [0.29, 0.717) is 0 Å². The predicted octanol–water partition coefficient (Wildman–Crippen LogP) is 3.30. The van der Waals surface area contributed by atoms with Gasteiger partial charge in [0.2, 0.25) is 0 Å². The Kier molecular flexibility index (Phi) is 4.40. The molecule has 3 rings (SSSR count). The van der Waals surface area contributed by atoms with E-state index in [1.165, 1.54) is 6.92 Å². The van der Waals surface area contributed by atoms with E-state index < -0.39 is 29.4 Å². The highest BCUT2D eigenvalue weighted by Gasteiger charge is 2.58. The molecule has 1 unspecified atom stereocenters. The molecule has 0 bridgehead atoms. The third-order valence-electron chi connectivity index (χ3n) is 4.56. The second-order valence-electron chi connectivity index (χ2n) is 6.18. The van der Waals surface area contributed by atoms with Gasteiger partial charge in [0.15, 0.2) is 5.78 Å². The molecule has 0 radical (unpaired) electrons. The Morgan fingerprint density at radius 1 is 1.04 bits per heavy atom. The van der Waals surface area contributed by atoms with Crippen molar-refractivity contribution in [2.24, 2.45) is 0 Å². The number of carbonyl (C=O) groups excluding carboxylic acids is 3. The molecule has 1 saturated heterocycles. The van der Waals surface area contributed by atoms with Gasteiger partial charge in [-0.3, -0.25) is 9.59 Å². The summed E-state index contributed by atoms with van der Waals surface area (Å²) in [7, 11) is 0. The first-order valence-electron chi connectivity index (χ1n) is 8.12. The zero-order chi connectivity index (χ0) is 18.0.